The Balaban J connectivity index is 2.51. The third kappa shape index (κ3) is 15.1. The summed E-state index contributed by atoms with van der Waals surface area (Å²) in [5, 5.41) is 82.8. The molecule has 0 bridgehead atoms. The van der Waals surface area contributed by atoms with E-state index in [2.05, 4.69) is 17.1 Å². The van der Waals surface area contributed by atoms with Crippen LogP contribution >= 0.6 is 0 Å². The van der Waals surface area contributed by atoms with Gasteiger partial charge < -0.3 is 66.3 Å². The monoisotopic (exact) mass is 639 g/mol. The number of hydrogen-bond donors (Lipinski definition) is 10. The van der Waals surface area contributed by atoms with Crippen molar-refractivity contribution in [1.82, 2.24) is 10.2 Å². The van der Waals surface area contributed by atoms with Crippen LogP contribution in [0, 0.1) is 0 Å². The second kappa shape index (κ2) is 24.2. The van der Waals surface area contributed by atoms with Crippen molar-refractivity contribution in [3.05, 3.63) is 0 Å². The van der Waals surface area contributed by atoms with E-state index in [1.54, 1.807) is 0 Å². The molecule has 11 N–H and O–H groups in total. The standard InChI is InChI=1S/C30H61N3O11/c1-2-3-4-5-6-7-8-9-10-11-16-33(17-12-14-31)18-13-15-32-29(42)26(40)25(39)28(21(36)19-34)44-30-27(41)24(38)23(37)22(20-35)43-30/h21-28,30,34-41H,2-20,31H2,1H3,(H,32,42)/t21-,22-,23+,24+,25-,26-,27-,28-,30+/m1/s1. The number of aliphatic hydroxyl groups excluding tert-OH is 8. The Labute approximate surface area is 262 Å². The minimum Gasteiger partial charge on any atom is -0.394 e. The molecule has 1 heterocycles. The average Bonchev–Trinajstić information content (AvgIpc) is 3.03. The first-order chi connectivity index (χ1) is 21.1. The molecule has 9 atom stereocenters. The smallest absolute Gasteiger partial charge is 0.251 e. The van der Waals surface area contributed by atoms with Crippen molar-refractivity contribution in [2.45, 2.75) is 139 Å². The zero-order chi connectivity index (χ0) is 32.9. The van der Waals surface area contributed by atoms with Gasteiger partial charge in [0, 0.05) is 6.54 Å². The molecule has 0 radical (unpaired) electrons. The molecule has 1 rings (SSSR count). The van der Waals surface area contributed by atoms with Crippen molar-refractivity contribution < 1.29 is 55.1 Å². The van der Waals surface area contributed by atoms with Crippen LogP contribution in [0.3, 0.4) is 0 Å². The number of amides is 1. The summed E-state index contributed by atoms with van der Waals surface area (Å²) in [6.07, 6.45) is -2.18. The third-order valence-corrected chi connectivity index (χ3v) is 8.09. The maximum atomic E-state index is 12.6. The summed E-state index contributed by atoms with van der Waals surface area (Å²) in [7, 11) is 0. The first kappa shape index (κ1) is 41.0. The summed E-state index contributed by atoms with van der Waals surface area (Å²) in [6, 6.07) is 0. The number of carbonyl (C=O) groups excluding carboxylic acids is 1. The molecular formula is C30H61N3O11. The van der Waals surface area contributed by atoms with E-state index >= 15 is 0 Å². The zero-order valence-corrected chi connectivity index (χ0v) is 26.5. The normalized spacial score (nSPS) is 25.1. The second-order valence-corrected chi connectivity index (χ2v) is 11.8. The fourth-order valence-electron chi connectivity index (χ4n) is 5.26. The van der Waals surface area contributed by atoms with Crippen molar-refractivity contribution in [3.8, 4) is 0 Å². The topological polar surface area (TPSA) is 239 Å². The molecule has 14 nitrogen and oxygen atoms in total. The highest BCUT2D eigenvalue weighted by molar-refractivity contribution is 5.81. The lowest BCUT2D eigenvalue weighted by Crippen LogP contribution is -2.62. The summed E-state index contributed by atoms with van der Waals surface area (Å²) >= 11 is 0. The average molecular weight is 640 g/mol. The maximum absolute atomic E-state index is 12.6. The van der Waals surface area contributed by atoms with Gasteiger partial charge in [-0.15, -0.1) is 0 Å². The zero-order valence-electron chi connectivity index (χ0n) is 26.5. The first-order valence-electron chi connectivity index (χ1n) is 16.4. The molecule has 0 aromatic heterocycles. The van der Waals surface area contributed by atoms with Crippen LogP contribution in [0.25, 0.3) is 0 Å². The van der Waals surface area contributed by atoms with E-state index in [9.17, 15) is 45.6 Å². The van der Waals surface area contributed by atoms with Gasteiger partial charge in [0.05, 0.1) is 13.2 Å². The molecule has 14 heteroatoms. The van der Waals surface area contributed by atoms with Gasteiger partial charge in [-0.05, 0) is 45.4 Å². The van der Waals surface area contributed by atoms with Crippen LogP contribution in [-0.2, 0) is 14.3 Å². The molecular weight excluding hydrogens is 578 g/mol. The number of nitrogens with two attached hydrogens (primary N) is 1. The minimum atomic E-state index is -2.08. The molecule has 44 heavy (non-hydrogen) atoms. The Morgan fingerprint density at radius 3 is 1.98 bits per heavy atom. The molecule has 0 aromatic carbocycles. The lowest BCUT2D eigenvalue weighted by molar-refractivity contribution is -0.326. The number of unbranched alkanes of at least 4 members (excludes halogenated alkanes) is 9. The summed E-state index contributed by atoms with van der Waals surface area (Å²) < 4.78 is 10.6. The molecule has 1 saturated heterocycles. The van der Waals surface area contributed by atoms with E-state index in [1.165, 1.54) is 57.8 Å². The van der Waals surface area contributed by atoms with E-state index < -0.39 is 74.2 Å². The molecule has 1 aliphatic heterocycles. The van der Waals surface area contributed by atoms with Crippen molar-refractivity contribution in [3.63, 3.8) is 0 Å². The number of ether oxygens (including phenoxy) is 2. The summed E-state index contributed by atoms with van der Waals surface area (Å²) in [5.74, 6) is -0.937. The van der Waals surface area contributed by atoms with Crippen LogP contribution in [0.4, 0.5) is 0 Å². The highest BCUT2D eigenvalue weighted by Gasteiger charge is 2.47. The van der Waals surface area contributed by atoms with Gasteiger partial charge >= 0.3 is 0 Å². The molecule has 1 fully saturated rings. The van der Waals surface area contributed by atoms with Gasteiger partial charge in [0.1, 0.15) is 42.7 Å². The van der Waals surface area contributed by atoms with Crippen molar-refractivity contribution in [2.75, 3.05) is 45.9 Å². The molecule has 1 amide bonds. The fraction of sp³-hybridized carbons (Fsp3) is 0.967. The van der Waals surface area contributed by atoms with Crippen molar-refractivity contribution in [1.29, 1.82) is 0 Å². The molecule has 0 saturated carbocycles. The summed E-state index contributed by atoms with van der Waals surface area (Å²) in [6.45, 7) is 3.83. The number of rotatable bonds is 26. The van der Waals surface area contributed by atoms with Gasteiger partial charge in [-0.1, -0.05) is 64.7 Å². The molecule has 0 unspecified atom stereocenters. The highest BCUT2D eigenvalue weighted by Crippen LogP contribution is 2.25. The van der Waals surface area contributed by atoms with Gasteiger partial charge in [0.2, 0.25) is 0 Å². The Hall–Kier alpha value is -1.01. The van der Waals surface area contributed by atoms with Crippen LogP contribution in [0.1, 0.15) is 84.0 Å². The quantitative estimate of drug-likeness (QED) is 0.0477. The Morgan fingerprint density at radius 1 is 0.841 bits per heavy atom. The maximum Gasteiger partial charge on any atom is 0.251 e. The van der Waals surface area contributed by atoms with Crippen LogP contribution < -0.4 is 11.1 Å². The van der Waals surface area contributed by atoms with E-state index in [-0.39, 0.29) is 6.54 Å². The largest absolute Gasteiger partial charge is 0.394 e. The van der Waals surface area contributed by atoms with Crippen LogP contribution in [-0.4, -0.2) is 153 Å². The predicted molar refractivity (Wildman–Crippen MR) is 163 cm³/mol. The molecule has 1 aliphatic rings. The van der Waals surface area contributed by atoms with Gasteiger partial charge in [-0.25, -0.2) is 0 Å². The number of nitrogens with one attached hydrogen (secondary N) is 1. The molecule has 0 aromatic rings. The van der Waals surface area contributed by atoms with Gasteiger partial charge in [-0.3, -0.25) is 4.79 Å². The number of aliphatic hydroxyl groups is 8. The SMILES string of the molecule is CCCCCCCCCCCCN(CCCN)CCCNC(=O)[C@H](O)[C@@H](O)[C@H](O[C@@H]1O[C@H](CO)[C@H](O)[C@H](O)[C@H]1O)[C@H](O)CO. The van der Waals surface area contributed by atoms with Crippen LogP contribution in [0.5, 0.6) is 0 Å². The van der Waals surface area contributed by atoms with E-state index in [4.69, 9.17) is 15.2 Å². The van der Waals surface area contributed by atoms with Crippen LogP contribution in [0.15, 0.2) is 0 Å². The van der Waals surface area contributed by atoms with Crippen molar-refractivity contribution >= 4 is 5.91 Å². The number of hydrogen-bond acceptors (Lipinski definition) is 13. The Kier molecular flexibility index (Phi) is 22.6. The fourth-order valence-corrected chi connectivity index (χ4v) is 5.26. The second-order valence-electron chi connectivity index (χ2n) is 11.8. The van der Waals surface area contributed by atoms with Crippen molar-refractivity contribution in [2.24, 2.45) is 5.73 Å². The first-order valence-corrected chi connectivity index (χ1v) is 16.4. The Bertz CT molecular complexity index is 724. The van der Waals surface area contributed by atoms with E-state index in [0.29, 0.717) is 19.5 Å². The third-order valence-electron chi connectivity index (χ3n) is 8.09. The minimum absolute atomic E-state index is 0.209. The molecule has 0 spiro atoms. The van der Waals surface area contributed by atoms with Gasteiger partial charge in [0.25, 0.3) is 5.91 Å². The summed E-state index contributed by atoms with van der Waals surface area (Å²) in [4.78, 5) is 14.9. The lowest BCUT2D eigenvalue weighted by Gasteiger charge is -2.42. The predicted octanol–water partition coefficient (Wildman–Crippen LogP) is -1.68. The lowest BCUT2D eigenvalue weighted by atomic mass is 9.98. The number of nitrogens with zero attached hydrogens (tertiary/aromatic N) is 1. The van der Waals surface area contributed by atoms with E-state index in [1.807, 2.05) is 0 Å². The number of carbonyl (C=O) groups is 1. The van der Waals surface area contributed by atoms with E-state index in [0.717, 1.165) is 25.9 Å². The van der Waals surface area contributed by atoms with Gasteiger partial charge in [-0.2, -0.15) is 0 Å². The highest BCUT2D eigenvalue weighted by atomic mass is 16.7. The van der Waals surface area contributed by atoms with Gasteiger partial charge in [0.15, 0.2) is 12.4 Å². The van der Waals surface area contributed by atoms with Crippen LogP contribution in [0.2, 0.25) is 0 Å². The molecule has 0 aliphatic carbocycles. The Morgan fingerprint density at radius 2 is 1.41 bits per heavy atom. The summed E-state index contributed by atoms with van der Waals surface area (Å²) in [5.41, 5.74) is 5.70. The molecule has 262 valence electrons.